The van der Waals surface area contributed by atoms with Crippen LogP contribution in [0.15, 0.2) is 42.6 Å². The third-order valence-electron chi connectivity index (χ3n) is 4.07. The minimum atomic E-state index is -0.0432. The van der Waals surface area contributed by atoms with Crippen molar-refractivity contribution in [2.24, 2.45) is 7.05 Å². The summed E-state index contributed by atoms with van der Waals surface area (Å²) in [6.45, 7) is 1.70. The van der Waals surface area contributed by atoms with Crippen LogP contribution in [0.3, 0.4) is 0 Å². The largest absolute Gasteiger partial charge is 0.508 e. The molecule has 1 fully saturated rings. The summed E-state index contributed by atoms with van der Waals surface area (Å²) in [5.74, 6) is 0.296. The lowest BCUT2D eigenvalue weighted by Crippen LogP contribution is -2.44. The van der Waals surface area contributed by atoms with Gasteiger partial charge in [-0.3, -0.25) is 4.79 Å². The number of aryl methyl sites for hydroxylation is 1. The highest BCUT2D eigenvalue weighted by Crippen LogP contribution is 2.25. The SMILES string of the molecule is Cn1cccc1[C@@H]1COCCN1C(=O)Cc1ccc(O)cc1. The van der Waals surface area contributed by atoms with Gasteiger partial charge in [-0.25, -0.2) is 0 Å². The van der Waals surface area contributed by atoms with Crippen molar-refractivity contribution < 1.29 is 14.6 Å². The van der Waals surface area contributed by atoms with Crippen molar-refractivity contribution in [1.82, 2.24) is 9.47 Å². The molecule has 0 aliphatic carbocycles. The maximum absolute atomic E-state index is 12.7. The second-order valence-corrected chi connectivity index (χ2v) is 5.57. The van der Waals surface area contributed by atoms with Crippen LogP contribution in [0, 0.1) is 0 Å². The Bertz CT molecular complexity index is 648. The Labute approximate surface area is 129 Å². The number of carbonyl (C=O) groups is 1. The Morgan fingerprint density at radius 1 is 1.32 bits per heavy atom. The minimum absolute atomic E-state index is 0.0432. The molecule has 1 aliphatic rings. The summed E-state index contributed by atoms with van der Waals surface area (Å²) < 4.78 is 7.59. The summed E-state index contributed by atoms with van der Waals surface area (Å²) in [6.07, 6.45) is 2.31. The van der Waals surface area contributed by atoms with E-state index in [-0.39, 0.29) is 17.7 Å². The second kappa shape index (κ2) is 6.23. The van der Waals surface area contributed by atoms with Gasteiger partial charge in [0.15, 0.2) is 0 Å². The molecule has 5 heteroatoms. The molecule has 1 N–H and O–H groups in total. The number of benzene rings is 1. The molecule has 5 nitrogen and oxygen atoms in total. The van der Waals surface area contributed by atoms with Crippen molar-refractivity contribution in [2.45, 2.75) is 12.5 Å². The van der Waals surface area contributed by atoms with Crippen molar-refractivity contribution in [3.05, 3.63) is 53.9 Å². The van der Waals surface area contributed by atoms with E-state index < -0.39 is 0 Å². The van der Waals surface area contributed by atoms with E-state index in [1.54, 1.807) is 24.3 Å². The number of carbonyl (C=O) groups excluding carboxylic acids is 1. The van der Waals surface area contributed by atoms with Crippen molar-refractivity contribution in [3.8, 4) is 5.75 Å². The Morgan fingerprint density at radius 2 is 2.09 bits per heavy atom. The van der Waals surface area contributed by atoms with Gasteiger partial charge in [-0.1, -0.05) is 12.1 Å². The summed E-state index contributed by atoms with van der Waals surface area (Å²) in [7, 11) is 1.98. The smallest absolute Gasteiger partial charge is 0.227 e. The van der Waals surface area contributed by atoms with Crippen LogP contribution >= 0.6 is 0 Å². The molecule has 2 aromatic rings. The molecule has 1 aromatic carbocycles. The number of nitrogens with zero attached hydrogens (tertiary/aromatic N) is 2. The predicted octanol–water partition coefficient (Wildman–Crippen LogP) is 1.87. The Kier molecular flexibility index (Phi) is 4.15. The van der Waals surface area contributed by atoms with E-state index in [1.807, 2.05) is 34.8 Å². The number of hydrogen-bond donors (Lipinski definition) is 1. The van der Waals surface area contributed by atoms with Crippen LogP contribution in [0.5, 0.6) is 5.75 Å². The minimum Gasteiger partial charge on any atom is -0.508 e. The number of aromatic hydroxyl groups is 1. The van der Waals surface area contributed by atoms with E-state index in [0.29, 0.717) is 26.2 Å². The molecular weight excluding hydrogens is 280 g/mol. The summed E-state index contributed by atoms with van der Waals surface area (Å²) >= 11 is 0. The Balaban J connectivity index is 1.77. The summed E-state index contributed by atoms with van der Waals surface area (Å²) in [5.41, 5.74) is 1.98. The molecule has 1 saturated heterocycles. The molecule has 0 bridgehead atoms. The van der Waals surface area contributed by atoms with Crippen molar-refractivity contribution >= 4 is 5.91 Å². The fourth-order valence-corrected chi connectivity index (χ4v) is 2.86. The zero-order valence-electron chi connectivity index (χ0n) is 12.6. The molecule has 1 aromatic heterocycles. The lowest BCUT2D eigenvalue weighted by atomic mass is 10.1. The number of phenols is 1. The van der Waals surface area contributed by atoms with E-state index in [2.05, 4.69) is 0 Å². The number of aromatic nitrogens is 1. The fourth-order valence-electron chi connectivity index (χ4n) is 2.86. The monoisotopic (exact) mass is 300 g/mol. The molecule has 0 radical (unpaired) electrons. The number of phenolic OH excluding ortho intramolecular Hbond substituents is 1. The average Bonchev–Trinajstić information content (AvgIpc) is 2.95. The number of ether oxygens (including phenoxy) is 1. The third kappa shape index (κ3) is 2.99. The molecule has 1 amide bonds. The quantitative estimate of drug-likeness (QED) is 0.941. The van der Waals surface area contributed by atoms with Crippen molar-refractivity contribution in [1.29, 1.82) is 0 Å². The maximum Gasteiger partial charge on any atom is 0.227 e. The maximum atomic E-state index is 12.7. The van der Waals surface area contributed by atoms with E-state index >= 15 is 0 Å². The Hall–Kier alpha value is -2.27. The summed E-state index contributed by atoms with van der Waals surface area (Å²) in [6, 6.07) is 10.7. The molecule has 1 atom stereocenters. The number of rotatable bonds is 3. The second-order valence-electron chi connectivity index (χ2n) is 5.57. The normalized spacial score (nSPS) is 18.4. The third-order valence-corrected chi connectivity index (χ3v) is 4.07. The molecule has 0 spiro atoms. The van der Waals surface area contributed by atoms with Crippen LogP contribution in [0.4, 0.5) is 0 Å². The highest BCUT2D eigenvalue weighted by atomic mass is 16.5. The van der Waals surface area contributed by atoms with Gasteiger partial charge in [0.2, 0.25) is 5.91 Å². The first-order valence-corrected chi connectivity index (χ1v) is 7.41. The van der Waals surface area contributed by atoms with Gasteiger partial charge in [0.05, 0.1) is 25.7 Å². The average molecular weight is 300 g/mol. The van der Waals surface area contributed by atoms with Crippen LogP contribution in [0.2, 0.25) is 0 Å². The van der Waals surface area contributed by atoms with Crippen molar-refractivity contribution in [3.63, 3.8) is 0 Å². The van der Waals surface area contributed by atoms with E-state index in [0.717, 1.165) is 11.3 Å². The fraction of sp³-hybridized carbons (Fsp3) is 0.353. The van der Waals surface area contributed by atoms with Crippen LogP contribution in [-0.4, -0.2) is 40.2 Å². The van der Waals surface area contributed by atoms with Gasteiger partial charge in [0.1, 0.15) is 5.75 Å². The van der Waals surface area contributed by atoms with Gasteiger partial charge in [0.25, 0.3) is 0 Å². The van der Waals surface area contributed by atoms with Gasteiger partial charge in [-0.05, 0) is 29.8 Å². The molecule has 0 unspecified atom stereocenters. The first-order valence-electron chi connectivity index (χ1n) is 7.41. The molecule has 22 heavy (non-hydrogen) atoms. The van der Waals surface area contributed by atoms with Crippen molar-refractivity contribution in [2.75, 3.05) is 19.8 Å². The van der Waals surface area contributed by atoms with Crippen LogP contribution in [0.25, 0.3) is 0 Å². The molecule has 3 rings (SSSR count). The number of morpholine rings is 1. The first kappa shape index (κ1) is 14.7. The van der Waals surface area contributed by atoms with Gasteiger partial charge in [-0.2, -0.15) is 0 Å². The predicted molar refractivity (Wildman–Crippen MR) is 82.5 cm³/mol. The van der Waals surface area contributed by atoms with Gasteiger partial charge >= 0.3 is 0 Å². The molecule has 1 aliphatic heterocycles. The highest BCUT2D eigenvalue weighted by molar-refractivity contribution is 5.79. The first-order chi connectivity index (χ1) is 10.6. The topological polar surface area (TPSA) is 54.7 Å². The van der Waals surface area contributed by atoms with E-state index in [4.69, 9.17) is 4.74 Å². The summed E-state index contributed by atoms with van der Waals surface area (Å²) in [5, 5.41) is 9.32. The highest BCUT2D eigenvalue weighted by Gasteiger charge is 2.29. The van der Waals surface area contributed by atoms with Crippen LogP contribution in [-0.2, 0) is 23.0 Å². The van der Waals surface area contributed by atoms with Gasteiger partial charge in [0, 0.05) is 25.5 Å². The van der Waals surface area contributed by atoms with E-state index in [9.17, 15) is 9.90 Å². The summed E-state index contributed by atoms with van der Waals surface area (Å²) in [4.78, 5) is 14.6. The molecular formula is C17H20N2O3. The number of hydrogen-bond acceptors (Lipinski definition) is 3. The Morgan fingerprint density at radius 3 is 2.77 bits per heavy atom. The lowest BCUT2D eigenvalue weighted by molar-refractivity contribution is -0.139. The zero-order chi connectivity index (χ0) is 15.5. The lowest BCUT2D eigenvalue weighted by Gasteiger charge is -2.36. The van der Waals surface area contributed by atoms with Crippen LogP contribution in [0.1, 0.15) is 17.3 Å². The van der Waals surface area contributed by atoms with Crippen LogP contribution < -0.4 is 0 Å². The van der Waals surface area contributed by atoms with E-state index in [1.165, 1.54) is 0 Å². The standard InChI is InChI=1S/C17H20N2O3/c1-18-8-2-3-15(18)16-12-22-10-9-19(16)17(21)11-13-4-6-14(20)7-5-13/h2-8,16,20H,9-12H2,1H3/t16-/m0/s1. The van der Waals surface area contributed by atoms with Gasteiger partial charge < -0.3 is 19.3 Å². The van der Waals surface area contributed by atoms with Gasteiger partial charge in [-0.15, -0.1) is 0 Å². The molecule has 0 saturated carbocycles. The zero-order valence-corrected chi connectivity index (χ0v) is 12.6. The molecule has 2 heterocycles. The molecule has 116 valence electrons. The number of amides is 1.